The van der Waals surface area contributed by atoms with Crippen LogP contribution < -0.4 is 5.76 Å². The minimum Gasteiger partial charge on any atom is -0.408 e. The lowest BCUT2D eigenvalue weighted by Gasteiger charge is -2.08. The second-order valence-corrected chi connectivity index (χ2v) is 3.97. The number of benzene rings is 1. The topological polar surface area (TPSA) is 38.4 Å². The second kappa shape index (κ2) is 3.55. The summed E-state index contributed by atoms with van der Waals surface area (Å²) >= 11 is 0. The summed E-state index contributed by atoms with van der Waals surface area (Å²) in [7, 11) is 5.72. The van der Waals surface area contributed by atoms with Crippen molar-refractivity contribution in [2.24, 2.45) is 7.05 Å². The fourth-order valence-corrected chi connectivity index (χ4v) is 1.64. The van der Waals surface area contributed by atoms with Crippen molar-refractivity contribution >= 4 is 11.1 Å². The van der Waals surface area contributed by atoms with Gasteiger partial charge in [-0.15, -0.1) is 0 Å². The second-order valence-electron chi connectivity index (χ2n) is 3.97. The van der Waals surface area contributed by atoms with E-state index in [-0.39, 0.29) is 5.76 Å². The average Bonchev–Trinajstić information content (AvgIpc) is 2.41. The van der Waals surface area contributed by atoms with Crippen molar-refractivity contribution in [2.45, 2.75) is 6.54 Å². The molecule has 0 unspecified atom stereocenters. The number of aromatic nitrogens is 1. The molecule has 0 spiro atoms. The van der Waals surface area contributed by atoms with E-state index in [1.54, 1.807) is 7.05 Å². The molecule has 2 aromatic rings. The lowest BCUT2D eigenvalue weighted by Crippen LogP contribution is -2.10. The molecule has 0 amide bonds. The van der Waals surface area contributed by atoms with Gasteiger partial charge in [-0.3, -0.25) is 4.57 Å². The monoisotopic (exact) mass is 206 g/mol. The molecule has 4 nitrogen and oxygen atoms in total. The molecule has 0 saturated heterocycles. The van der Waals surface area contributed by atoms with Crippen LogP contribution in [0.4, 0.5) is 0 Å². The highest BCUT2D eigenvalue weighted by Gasteiger charge is 2.06. The standard InChI is InChI=1S/C11H14N2O2/c1-12(2)7-8-4-5-9-10(6-8)15-11(14)13(9)3/h4-6H,7H2,1-3H3. The molecular weight excluding hydrogens is 192 g/mol. The minimum atomic E-state index is -0.313. The van der Waals surface area contributed by atoms with Crippen molar-refractivity contribution < 1.29 is 4.42 Å². The average molecular weight is 206 g/mol. The first kappa shape index (κ1) is 9.98. The highest BCUT2D eigenvalue weighted by atomic mass is 16.4. The molecule has 0 aliphatic heterocycles. The van der Waals surface area contributed by atoms with Gasteiger partial charge in [0.2, 0.25) is 0 Å². The SMILES string of the molecule is CN(C)Cc1ccc2c(c1)oc(=O)n2C. The lowest BCUT2D eigenvalue weighted by atomic mass is 10.2. The summed E-state index contributed by atoms with van der Waals surface area (Å²) < 4.78 is 6.62. The van der Waals surface area contributed by atoms with Gasteiger partial charge in [-0.25, -0.2) is 4.79 Å². The van der Waals surface area contributed by atoms with Gasteiger partial charge in [0.1, 0.15) is 0 Å². The Morgan fingerprint density at radius 3 is 2.80 bits per heavy atom. The number of hydrogen-bond donors (Lipinski definition) is 0. The number of rotatable bonds is 2. The van der Waals surface area contributed by atoms with Crippen LogP contribution in [0.3, 0.4) is 0 Å². The van der Waals surface area contributed by atoms with E-state index in [9.17, 15) is 4.79 Å². The van der Waals surface area contributed by atoms with Gasteiger partial charge in [-0.2, -0.15) is 0 Å². The van der Waals surface area contributed by atoms with Crippen molar-refractivity contribution in [3.8, 4) is 0 Å². The smallest absolute Gasteiger partial charge is 0.408 e. The van der Waals surface area contributed by atoms with Crippen LogP contribution in [0.15, 0.2) is 27.4 Å². The molecule has 4 heteroatoms. The first-order valence-corrected chi connectivity index (χ1v) is 4.81. The van der Waals surface area contributed by atoms with Crippen LogP contribution in [0.5, 0.6) is 0 Å². The molecule has 0 fully saturated rings. The van der Waals surface area contributed by atoms with Gasteiger partial charge in [0.05, 0.1) is 5.52 Å². The van der Waals surface area contributed by atoms with Crippen LogP contribution in [-0.4, -0.2) is 23.6 Å². The molecule has 1 aromatic carbocycles. The van der Waals surface area contributed by atoms with E-state index >= 15 is 0 Å². The largest absolute Gasteiger partial charge is 0.419 e. The Morgan fingerprint density at radius 2 is 2.13 bits per heavy atom. The number of fused-ring (bicyclic) bond motifs is 1. The first-order valence-electron chi connectivity index (χ1n) is 4.81. The normalized spacial score (nSPS) is 11.5. The van der Waals surface area contributed by atoms with Gasteiger partial charge in [0, 0.05) is 13.6 Å². The van der Waals surface area contributed by atoms with Crippen molar-refractivity contribution in [3.05, 3.63) is 34.3 Å². The number of aryl methyl sites for hydroxylation is 1. The van der Waals surface area contributed by atoms with Crippen LogP contribution in [0.2, 0.25) is 0 Å². The molecule has 15 heavy (non-hydrogen) atoms. The molecule has 0 radical (unpaired) electrons. The fourth-order valence-electron chi connectivity index (χ4n) is 1.64. The Bertz CT molecular complexity index is 537. The zero-order valence-electron chi connectivity index (χ0n) is 9.15. The molecule has 80 valence electrons. The van der Waals surface area contributed by atoms with Crippen molar-refractivity contribution in [1.29, 1.82) is 0 Å². The van der Waals surface area contributed by atoms with E-state index in [2.05, 4.69) is 4.90 Å². The van der Waals surface area contributed by atoms with Crippen LogP contribution in [0, 0.1) is 0 Å². The number of hydrogen-bond acceptors (Lipinski definition) is 3. The van der Waals surface area contributed by atoms with Crippen LogP contribution in [0.25, 0.3) is 11.1 Å². The Labute approximate surface area is 87.7 Å². The summed E-state index contributed by atoms with van der Waals surface area (Å²) in [4.78, 5) is 13.3. The van der Waals surface area contributed by atoms with E-state index in [4.69, 9.17) is 4.42 Å². The molecule has 0 atom stereocenters. The van der Waals surface area contributed by atoms with Crippen molar-refractivity contribution in [1.82, 2.24) is 9.47 Å². The molecule has 2 rings (SSSR count). The summed E-state index contributed by atoms with van der Waals surface area (Å²) in [6.45, 7) is 0.842. The molecule has 0 aliphatic carbocycles. The number of nitrogens with zero attached hydrogens (tertiary/aromatic N) is 2. The van der Waals surface area contributed by atoms with Gasteiger partial charge in [-0.05, 0) is 31.8 Å². The highest BCUT2D eigenvalue weighted by molar-refractivity contribution is 5.73. The predicted molar refractivity (Wildman–Crippen MR) is 58.8 cm³/mol. The molecule has 0 saturated carbocycles. The number of oxazole rings is 1. The molecular formula is C11H14N2O2. The summed E-state index contributed by atoms with van der Waals surface area (Å²) in [6, 6.07) is 5.84. The van der Waals surface area contributed by atoms with Gasteiger partial charge < -0.3 is 9.32 Å². The summed E-state index contributed by atoms with van der Waals surface area (Å²) in [6.07, 6.45) is 0. The van der Waals surface area contributed by atoms with Crippen molar-refractivity contribution in [2.75, 3.05) is 14.1 Å². The van der Waals surface area contributed by atoms with E-state index in [1.807, 2.05) is 32.3 Å². The maximum Gasteiger partial charge on any atom is 0.419 e. The Balaban J connectivity index is 2.52. The predicted octanol–water partition coefficient (Wildman–Crippen LogP) is 1.19. The summed E-state index contributed by atoms with van der Waals surface area (Å²) in [5, 5.41) is 0. The molecule has 1 heterocycles. The Kier molecular flexibility index (Phi) is 2.36. The molecule has 1 aromatic heterocycles. The van der Waals surface area contributed by atoms with Gasteiger partial charge in [0.15, 0.2) is 5.58 Å². The zero-order chi connectivity index (χ0) is 11.0. The lowest BCUT2D eigenvalue weighted by molar-refractivity contribution is 0.402. The summed E-state index contributed by atoms with van der Waals surface area (Å²) in [5.74, 6) is -0.313. The maximum atomic E-state index is 11.3. The third kappa shape index (κ3) is 1.80. The molecule has 0 bridgehead atoms. The summed E-state index contributed by atoms with van der Waals surface area (Å²) in [5.41, 5.74) is 2.63. The Hall–Kier alpha value is -1.55. The van der Waals surface area contributed by atoms with Crippen LogP contribution in [0.1, 0.15) is 5.56 Å². The quantitative estimate of drug-likeness (QED) is 0.741. The maximum absolute atomic E-state index is 11.3. The van der Waals surface area contributed by atoms with E-state index < -0.39 is 0 Å². The first-order chi connectivity index (χ1) is 7.08. The molecule has 0 N–H and O–H groups in total. The third-order valence-electron chi connectivity index (χ3n) is 2.36. The minimum absolute atomic E-state index is 0.313. The Morgan fingerprint density at radius 1 is 1.40 bits per heavy atom. The van der Waals surface area contributed by atoms with E-state index in [0.717, 1.165) is 17.6 Å². The third-order valence-corrected chi connectivity index (χ3v) is 2.36. The van der Waals surface area contributed by atoms with Crippen LogP contribution >= 0.6 is 0 Å². The van der Waals surface area contributed by atoms with E-state index in [0.29, 0.717) is 5.58 Å². The highest BCUT2D eigenvalue weighted by Crippen LogP contribution is 2.14. The molecule has 0 aliphatic rings. The zero-order valence-corrected chi connectivity index (χ0v) is 9.15. The van der Waals surface area contributed by atoms with E-state index in [1.165, 1.54) is 4.57 Å². The van der Waals surface area contributed by atoms with Gasteiger partial charge in [-0.1, -0.05) is 6.07 Å². The fraction of sp³-hybridized carbons (Fsp3) is 0.364. The van der Waals surface area contributed by atoms with Gasteiger partial charge in [0.25, 0.3) is 0 Å². The van der Waals surface area contributed by atoms with Gasteiger partial charge >= 0.3 is 5.76 Å². The van der Waals surface area contributed by atoms with Crippen LogP contribution in [-0.2, 0) is 13.6 Å². The van der Waals surface area contributed by atoms with Crippen molar-refractivity contribution in [3.63, 3.8) is 0 Å².